The Kier molecular flexibility index (Phi) is 4.65. The second-order valence-electron chi connectivity index (χ2n) is 6.06. The van der Waals surface area contributed by atoms with Gasteiger partial charge in [0.25, 0.3) is 0 Å². The van der Waals surface area contributed by atoms with Crippen molar-refractivity contribution in [3.63, 3.8) is 0 Å². The molecule has 0 aliphatic carbocycles. The lowest BCUT2D eigenvalue weighted by Crippen LogP contribution is -2.52. The minimum atomic E-state index is -0.193. The van der Waals surface area contributed by atoms with Crippen molar-refractivity contribution in [2.75, 3.05) is 18.0 Å². The fourth-order valence-corrected chi connectivity index (χ4v) is 2.62. The first-order valence-corrected chi connectivity index (χ1v) is 7.37. The Morgan fingerprint density at radius 3 is 2.80 bits per heavy atom. The summed E-state index contributed by atoms with van der Waals surface area (Å²) in [5.41, 5.74) is 8.50. The second kappa shape index (κ2) is 6.27. The number of carbonyl (C=O) groups excluding carboxylic acids is 1. The smallest absolute Gasteiger partial charge is 0.242 e. The number of hydrogen-bond acceptors (Lipinski definition) is 3. The number of hydrogen-bond donors (Lipinski definition) is 2. The van der Waals surface area contributed by atoms with Crippen LogP contribution in [0, 0.1) is 5.92 Å². The maximum Gasteiger partial charge on any atom is 0.242 e. The number of amides is 1. The fraction of sp³-hybridized carbons (Fsp3) is 0.562. The number of nitrogens with two attached hydrogens (primary N) is 1. The Hall–Kier alpha value is -1.55. The van der Waals surface area contributed by atoms with Crippen molar-refractivity contribution in [3.8, 4) is 0 Å². The zero-order chi connectivity index (χ0) is 14.7. The van der Waals surface area contributed by atoms with Crippen LogP contribution in [0.4, 0.5) is 5.69 Å². The van der Waals surface area contributed by atoms with Gasteiger partial charge in [-0.3, -0.25) is 4.79 Å². The lowest BCUT2D eigenvalue weighted by molar-refractivity contribution is -0.122. The van der Waals surface area contributed by atoms with E-state index in [4.69, 9.17) is 5.73 Å². The van der Waals surface area contributed by atoms with Crippen molar-refractivity contribution in [3.05, 3.63) is 29.8 Å². The summed E-state index contributed by atoms with van der Waals surface area (Å²) < 4.78 is 0. The zero-order valence-electron chi connectivity index (χ0n) is 12.6. The molecule has 2 unspecified atom stereocenters. The minimum absolute atomic E-state index is 0.0719. The van der Waals surface area contributed by atoms with E-state index in [9.17, 15) is 4.79 Å². The molecule has 1 aromatic carbocycles. The molecule has 0 saturated heterocycles. The molecule has 2 atom stereocenters. The van der Waals surface area contributed by atoms with Gasteiger partial charge in [0.05, 0.1) is 0 Å². The molecular weight excluding hydrogens is 250 g/mol. The van der Waals surface area contributed by atoms with Gasteiger partial charge in [-0.15, -0.1) is 0 Å². The molecule has 0 bridgehead atoms. The largest absolute Gasteiger partial charge is 0.358 e. The van der Waals surface area contributed by atoms with Crippen molar-refractivity contribution < 1.29 is 4.79 Å². The SMILES string of the molecule is CC(C)CNC(=O)C(C)N1CC(N)Cc2ccccc21. The third-order valence-electron chi connectivity index (χ3n) is 3.75. The van der Waals surface area contributed by atoms with Crippen molar-refractivity contribution in [1.82, 2.24) is 5.32 Å². The average Bonchev–Trinajstić information content (AvgIpc) is 2.42. The van der Waals surface area contributed by atoms with E-state index >= 15 is 0 Å². The topological polar surface area (TPSA) is 58.4 Å². The third kappa shape index (κ3) is 3.31. The number of anilines is 1. The minimum Gasteiger partial charge on any atom is -0.358 e. The summed E-state index contributed by atoms with van der Waals surface area (Å²) in [6, 6.07) is 8.11. The predicted molar refractivity (Wildman–Crippen MR) is 82.8 cm³/mol. The Labute approximate surface area is 121 Å². The van der Waals surface area contributed by atoms with E-state index in [0.717, 1.165) is 18.7 Å². The molecule has 0 fully saturated rings. The Balaban J connectivity index is 2.13. The first kappa shape index (κ1) is 14.9. The number of fused-ring (bicyclic) bond motifs is 1. The van der Waals surface area contributed by atoms with Gasteiger partial charge >= 0.3 is 0 Å². The summed E-state index contributed by atoms with van der Waals surface area (Å²) in [6.45, 7) is 7.58. The molecule has 1 heterocycles. The van der Waals surface area contributed by atoms with Crippen LogP contribution in [-0.2, 0) is 11.2 Å². The number of carbonyl (C=O) groups is 1. The van der Waals surface area contributed by atoms with Gasteiger partial charge in [0.1, 0.15) is 6.04 Å². The highest BCUT2D eigenvalue weighted by molar-refractivity contribution is 5.85. The van der Waals surface area contributed by atoms with Crippen LogP contribution in [0.1, 0.15) is 26.3 Å². The average molecular weight is 275 g/mol. The van der Waals surface area contributed by atoms with Gasteiger partial charge in [0, 0.05) is 24.8 Å². The molecule has 3 N–H and O–H groups in total. The van der Waals surface area contributed by atoms with Gasteiger partial charge in [0.15, 0.2) is 0 Å². The van der Waals surface area contributed by atoms with Crippen LogP contribution in [0.2, 0.25) is 0 Å². The van der Waals surface area contributed by atoms with Crippen molar-refractivity contribution in [2.24, 2.45) is 11.7 Å². The molecule has 4 heteroatoms. The van der Waals surface area contributed by atoms with Gasteiger partial charge in [-0.2, -0.15) is 0 Å². The first-order chi connectivity index (χ1) is 9.49. The molecule has 0 aromatic heterocycles. The second-order valence-corrected chi connectivity index (χ2v) is 6.06. The van der Waals surface area contributed by atoms with Crippen LogP contribution < -0.4 is 16.0 Å². The molecule has 0 spiro atoms. The molecule has 1 aromatic rings. The van der Waals surface area contributed by atoms with Crippen LogP contribution >= 0.6 is 0 Å². The summed E-state index contributed by atoms with van der Waals surface area (Å²) in [7, 11) is 0. The highest BCUT2D eigenvalue weighted by atomic mass is 16.2. The van der Waals surface area contributed by atoms with E-state index in [0.29, 0.717) is 12.5 Å². The highest BCUT2D eigenvalue weighted by Gasteiger charge is 2.28. The van der Waals surface area contributed by atoms with E-state index in [1.165, 1.54) is 5.56 Å². The first-order valence-electron chi connectivity index (χ1n) is 7.37. The van der Waals surface area contributed by atoms with Crippen LogP contribution in [0.3, 0.4) is 0 Å². The predicted octanol–water partition coefficient (Wildman–Crippen LogP) is 1.54. The molecule has 110 valence electrons. The lowest BCUT2D eigenvalue weighted by Gasteiger charge is -2.38. The Morgan fingerprint density at radius 1 is 1.40 bits per heavy atom. The maximum absolute atomic E-state index is 12.3. The summed E-state index contributed by atoms with van der Waals surface area (Å²) in [6.07, 6.45) is 0.882. The number of nitrogens with zero attached hydrogens (tertiary/aromatic N) is 1. The fourth-order valence-electron chi connectivity index (χ4n) is 2.62. The van der Waals surface area contributed by atoms with Crippen LogP contribution in [0.25, 0.3) is 0 Å². The zero-order valence-corrected chi connectivity index (χ0v) is 12.6. The lowest BCUT2D eigenvalue weighted by atomic mass is 9.97. The van der Waals surface area contributed by atoms with Gasteiger partial charge in [0.2, 0.25) is 5.91 Å². The van der Waals surface area contributed by atoms with Gasteiger partial charge in [-0.05, 0) is 30.9 Å². The Morgan fingerprint density at radius 2 is 2.10 bits per heavy atom. The van der Waals surface area contributed by atoms with Crippen molar-refractivity contribution in [2.45, 2.75) is 39.3 Å². The number of nitrogens with one attached hydrogen (secondary N) is 1. The molecule has 0 radical (unpaired) electrons. The number of para-hydroxylation sites is 1. The van der Waals surface area contributed by atoms with E-state index in [1.54, 1.807) is 0 Å². The maximum atomic E-state index is 12.3. The normalized spacial score (nSPS) is 19.6. The van der Waals surface area contributed by atoms with E-state index in [2.05, 4.69) is 36.2 Å². The van der Waals surface area contributed by atoms with E-state index in [-0.39, 0.29) is 18.0 Å². The third-order valence-corrected chi connectivity index (χ3v) is 3.75. The molecule has 1 aliphatic heterocycles. The van der Waals surface area contributed by atoms with Gasteiger partial charge < -0.3 is 16.0 Å². The van der Waals surface area contributed by atoms with Crippen LogP contribution in [-0.4, -0.2) is 31.1 Å². The summed E-state index contributed by atoms with van der Waals surface area (Å²) in [4.78, 5) is 14.4. The summed E-state index contributed by atoms with van der Waals surface area (Å²) >= 11 is 0. The molecule has 1 amide bonds. The molecular formula is C16H25N3O. The van der Waals surface area contributed by atoms with Crippen molar-refractivity contribution >= 4 is 11.6 Å². The quantitative estimate of drug-likeness (QED) is 0.876. The Bertz CT molecular complexity index is 473. The monoisotopic (exact) mass is 275 g/mol. The van der Waals surface area contributed by atoms with E-state index in [1.807, 2.05) is 19.1 Å². The highest BCUT2D eigenvalue weighted by Crippen LogP contribution is 2.28. The summed E-state index contributed by atoms with van der Waals surface area (Å²) in [5.74, 6) is 0.532. The molecule has 1 aliphatic rings. The van der Waals surface area contributed by atoms with Gasteiger partial charge in [-0.1, -0.05) is 32.0 Å². The van der Waals surface area contributed by atoms with Gasteiger partial charge in [-0.25, -0.2) is 0 Å². The van der Waals surface area contributed by atoms with E-state index < -0.39 is 0 Å². The molecule has 4 nitrogen and oxygen atoms in total. The van der Waals surface area contributed by atoms with Crippen LogP contribution in [0.15, 0.2) is 24.3 Å². The van der Waals surface area contributed by atoms with Crippen LogP contribution in [0.5, 0.6) is 0 Å². The summed E-state index contributed by atoms with van der Waals surface area (Å²) in [5, 5.41) is 3.00. The number of benzene rings is 1. The standard InChI is InChI=1S/C16H25N3O/c1-11(2)9-18-16(20)12(3)19-10-14(17)8-13-6-4-5-7-15(13)19/h4-7,11-12,14H,8-10,17H2,1-3H3,(H,18,20). The molecule has 20 heavy (non-hydrogen) atoms. The molecule has 2 rings (SSSR count). The molecule has 0 saturated carbocycles. The number of rotatable bonds is 4. The van der Waals surface area contributed by atoms with Crippen molar-refractivity contribution in [1.29, 1.82) is 0 Å².